The highest BCUT2D eigenvalue weighted by Crippen LogP contribution is 2.31. The smallest absolute Gasteiger partial charge is 0.184 e. The third-order valence-corrected chi connectivity index (χ3v) is 6.13. The highest BCUT2D eigenvalue weighted by atomic mass is 32.1. The second-order valence-electron chi connectivity index (χ2n) is 7.63. The van der Waals surface area contributed by atoms with E-state index in [4.69, 9.17) is 17.4 Å². The number of hydrogen-bond acceptors (Lipinski definition) is 5. The normalized spacial score (nSPS) is 18.0. The second kappa shape index (κ2) is 9.12. The van der Waals surface area contributed by atoms with Gasteiger partial charge < -0.3 is 9.64 Å². The van der Waals surface area contributed by atoms with Crippen molar-refractivity contribution in [3.8, 4) is 0 Å². The minimum atomic E-state index is -0.717. The van der Waals surface area contributed by atoms with Crippen LogP contribution in [0, 0.1) is 0 Å². The van der Waals surface area contributed by atoms with Crippen molar-refractivity contribution in [2.24, 2.45) is 0 Å². The minimum Gasteiger partial charge on any atom is -0.378 e. The molecule has 1 aliphatic heterocycles. The van der Waals surface area contributed by atoms with Gasteiger partial charge in [0.1, 0.15) is 0 Å². The molecule has 1 aliphatic rings. The SMILES string of the molecule is CC(S)C(Cc1ccccc1)(C(=O)c1ccc(N2CCOCC2)cc1)N(C)C. The van der Waals surface area contributed by atoms with Crippen LogP contribution in [0.15, 0.2) is 54.6 Å². The van der Waals surface area contributed by atoms with Gasteiger partial charge in [-0.15, -0.1) is 0 Å². The van der Waals surface area contributed by atoms with Gasteiger partial charge in [-0.25, -0.2) is 0 Å². The Bertz CT molecular complexity index is 761. The number of anilines is 1. The van der Waals surface area contributed by atoms with E-state index in [-0.39, 0.29) is 11.0 Å². The number of carbonyl (C=O) groups is 1. The van der Waals surface area contributed by atoms with E-state index in [1.807, 2.05) is 68.4 Å². The Kier molecular flexibility index (Phi) is 6.81. The quantitative estimate of drug-likeness (QED) is 0.571. The third-order valence-electron chi connectivity index (χ3n) is 5.70. The van der Waals surface area contributed by atoms with Gasteiger partial charge in [-0.1, -0.05) is 37.3 Å². The number of thiol groups is 1. The Hall–Kier alpha value is -1.82. The lowest BCUT2D eigenvalue weighted by molar-refractivity contribution is 0.0682. The number of ether oxygens (including phenoxy) is 1. The zero-order valence-electron chi connectivity index (χ0n) is 17.0. The van der Waals surface area contributed by atoms with Gasteiger partial charge in [0.15, 0.2) is 5.78 Å². The van der Waals surface area contributed by atoms with Crippen LogP contribution in [0.1, 0.15) is 22.8 Å². The molecule has 0 N–H and O–H groups in total. The summed E-state index contributed by atoms with van der Waals surface area (Å²) in [7, 11) is 3.94. The molecule has 3 rings (SSSR count). The number of hydrogen-bond donors (Lipinski definition) is 1. The van der Waals surface area contributed by atoms with E-state index >= 15 is 0 Å². The van der Waals surface area contributed by atoms with Crippen LogP contribution in [0.2, 0.25) is 0 Å². The van der Waals surface area contributed by atoms with Gasteiger partial charge in [-0.05, 0) is 50.3 Å². The molecule has 2 aromatic carbocycles. The van der Waals surface area contributed by atoms with E-state index in [0.717, 1.165) is 43.1 Å². The molecular weight excluding hydrogens is 368 g/mol. The summed E-state index contributed by atoms with van der Waals surface area (Å²) in [4.78, 5) is 18.0. The number of Topliss-reactive ketones (excluding diaryl/α,β-unsaturated/α-hetero) is 1. The first-order valence-corrected chi connectivity index (χ1v) is 10.3. The molecule has 5 heteroatoms. The van der Waals surface area contributed by atoms with Crippen molar-refractivity contribution in [2.45, 2.75) is 24.1 Å². The molecule has 0 aliphatic carbocycles. The minimum absolute atomic E-state index is 0.109. The summed E-state index contributed by atoms with van der Waals surface area (Å²) >= 11 is 4.76. The Morgan fingerprint density at radius 1 is 1.11 bits per heavy atom. The standard InChI is InChI=1S/C23H30N2O2S/c1-18(28)23(24(2)3,17-19-7-5-4-6-8-19)22(26)20-9-11-21(12-10-20)25-13-15-27-16-14-25/h4-12,18,28H,13-17H2,1-3H3. The van der Waals surface area contributed by atoms with E-state index < -0.39 is 5.54 Å². The molecule has 4 nitrogen and oxygen atoms in total. The maximum Gasteiger partial charge on any atom is 0.184 e. The molecule has 0 radical (unpaired) electrons. The van der Waals surface area contributed by atoms with Gasteiger partial charge in [0.05, 0.1) is 18.8 Å². The highest BCUT2D eigenvalue weighted by molar-refractivity contribution is 7.81. The molecule has 1 fully saturated rings. The molecule has 1 heterocycles. The van der Waals surface area contributed by atoms with Gasteiger partial charge in [0.2, 0.25) is 0 Å². The molecule has 150 valence electrons. The lowest BCUT2D eigenvalue weighted by Crippen LogP contribution is -2.58. The Morgan fingerprint density at radius 2 is 1.71 bits per heavy atom. The molecule has 2 atom stereocenters. The van der Waals surface area contributed by atoms with E-state index in [9.17, 15) is 4.79 Å². The number of morpholine rings is 1. The van der Waals surface area contributed by atoms with Gasteiger partial charge in [-0.3, -0.25) is 9.69 Å². The maximum atomic E-state index is 13.7. The fraction of sp³-hybridized carbons (Fsp3) is 0.435. The molecule has 0 spiro atoms. The first-order chi connectivity index (χ1) is 13.4. The number of rotatable bonds is 7. The van der Waals surface area contributed by atoms with Crippen LogP contribution >= 0.6 is 12.6 Å². The lowest BCUT2D eigenvalue weighted by atomic mass is 9.79. The second-order valence-corrected chi connectivity index (χ2v) is 8.41. The highest BCUT2D eigenvalue weighted by Gasteiger charge is 2.44. The summed E-state index contributed by atoms with van der Waals surface area (Å²) in [6.45, 7) is 5.27. The summed E-state index contributed by atoms with van der Waals surface area (Å²) in [5.74, 6) is 0.109. The summed E-state index contributed by atoms with van der Waals surface area (Å²) in [5, 5.41) is -0.130. The molecule has 0 saturated carbocycles. The van der Waals surface area contributed by atoms with E-state index in [2.05, 4.69) is 17.0 Å². The van der Waals surface area contributed by atoms with E-state index in [1.54, 1.807) is 0 Å². The van der Waals surface area contributed by atoms with Gasteiger partial charge in [0, 0.05) is 29.6 Å². The van der Waals surface area contributed by atoms with Gasteiger partial charge in [0.25, 0.3) is 0 Å². The number of nitrogens with zero attached hydrogens (tertiary/aromatic N) is 2. The van der Waals surface area contributed by atoms with E-state index in [0.29, 0.717) is 6.42 Å². The Morgan fingerprint density at radius 3 is 2.25 bits per heavy atom. The van der Waals surface area contributed by atoms with Crippen LogP contribution in [0.3, 0.4) is 0 Å². The molecule has 28 heavy (non-hydrogen) atoms. The van der Waals surface area contributed by atoms with Crippen molar-refractivity contribution in [1.29, 1.82) is 0 Å². The Labute approximate surface area is 173 Å². The van der Waals surface area contributed by atoms with E-state index in [1.165, 1.54) is 0 Å². The monoisotopic (exact) mass is 398 g/mol. The predicted octanol–water partition coefficient (Wildman–Crippen LogP) is 3.57. The summed E-state index contributed by atoms with van der Waals surface area (Å²) in [6, 6.07) is 18.2. The van der Waals surface area contributed by atoms with Crippen molar-refractivity contribution in [1.82, 2.24) is 4.90 Å². The van der Waals surface area contributed by atoms with Crippen LogP contribution in [-0.2, 0) is 11.2 Å². The topological polar surface area (TPSA) is 32.8 Å². The van der Waals surface area contributed by atoms with Gasteiger partial charge in [-0.2, -0.15) is 12.6 Å². The van der Waals surface area contributed by atoms with Crippen LogP contribution in [-0.4, -0.2) is 61.9 Å². The van der Waals surface area contributed by atoms with Crippen molar-refractivity contribution in [3.05, 3.63) is 65.7 Å². The first kappa shape index (κ1) is 20.9. The molecule has 2 unspecified atom stereocenters. The summed E-state index contributed by atoms with van der Waals surface area (Å²) < 4.78 is 5.43. The average molecular weight is 399 g/mol. The van der Waals surface area contributed by atoms with Crippen molar-refractivity contribution in [3.63, 3.8) is 0 Å². The maximum absolute atomic E-state index is 13.7. The third kappa shape index (κ3) is 4.27. The van der Waals surface area contributed by atoms with Crippen molar-refractivity contribution in [2.75, 3.05) is 45.3 Å². The number of benzene rings is 2. The summed E-state index contributed by atoms with van der Waals surface area (Å²) in [6.07, 6.45) is 0.621. The molecule has 0 aromatic heterocycles. The molecule has 0 bridgehead atoms. The number of ketones is 1. The van der Waals surface area contributed by atoms with Crippen molar-refractivity contribution >= 4 is 24.1 Å². The van der Waals surface area contributed by atoms with Crippen molar-refractivity contribution < 1.29 is 9.53 Å². The van der Waals surface area contributed by atoms with Crippen LogP contribution in [0.25, 0.3) is 0 Å². The fourth-order valence-corrected chi connectivity index (χ4v) is 4.39. The van der Waals surface area contributed by atoms with Gasteiger partial charge >= 0.3 is 0 Å². The zero-order chi connectivity index (χ0) is 20.1. The largest absolute Gasteiger partial charge is 0.378 e. The first-order valence-electron chi connectivity index (χ1n) is 9.82. The zero-order valence-corrected chi connectivity index (χ0v) is 17.9. The number of carbonyl (C=O) groups excluding carboxylic acids is 1. The molecular formula is C23H30N2O2S. The van der Waals surface area contributed by atoms with Crippen LogP contribution in [0.5, 0.6) is 0 Å². The fourth-order valence-electron chi connectivity index (χ4n) is 3.95. The average Bonchev–Trinajstić information content (AvgIpc) is 2.72. The molecule has 1 saturated heterocycles. The summed E-state index contributed by atoms with van der Waals surface area (Å²) in [5.41, 5.74) is 2.28. The molecule has 2 aromatic rings. The molecule has 0 amide bonds. The number of likely N-dealkylation sites (N-methyl/N-ethyl adjacent to an activating group) is 1. The Balaban J connectivity index is 1.90. The van der Waals surface area contributed by atoms with Crippen LogP contribution in [0.4, 0.5) is 5.69 Å². The van der Waals surface area contributed by atoms with Crippen LogP contribution < -0.4 is 4.90 Å². The lowest BCUT2D eigenvalue weighted by Gasteiger charge is -2.42. The predicted molar refractivity (Wildman–Crippen MR) is 119 cm³/mol.